The van der Waals surface area contributed by atoms with Gasteiger partial charge >= 0.3 is 0 Å². The van der Waals surface area contributed by atoms with Gasteiger partial charge in [-0.25, -0.2) is 0 Å². The fourth-order valence-corrected chi connectivity index (χ4v) is 4.76. The molecule has 35 heavy (non-hydrogen) atoms. The fourth-order valence-electron chi connectivity index (χ4n) is 4.31. The number of halogens is 2. The summed E-state index contributed by atoms with van der Waals surface area (Å²) in [6.07, 6.45) is -0.653. The number of rotatable bonds is 5. The molecule has 1 amide bonds. The van der Waals surface area contributed by atoms with Gasteiger partial charge in [0.1, 0.15) is 5.75 Å². The van der Waals surface area contributed by atoms with Crippen molar-refractivity contribution in [2.24, 2.45) is 0 Å². The van der Waals surface area contributed by atoms with Gasteiger partial charge in [0.05, 0.1) is 10.7 Å². The van der Waals surface area contributed by atoms with Gasteiger partial charge in [-0.15, -0.1) is 10.2 Å². The van der Waals surface area contributed by atoms with Crippen LogP contribution in [0.15, 0.2) is 72.8 Å². The number of amides is 1. The second-order valence-electron chi connectivity index (χ2n) is 8.45. The molecule has 8 heteroatoms. The zero-order chi connectivity index (χ0) is 24.4. The third-order valence-corrected chi connectivity index (χ3v) is 6.71. The number of piperazine rings is 1. The molecule has 0 aliphatic carbocycles. The van der Waals surface area contributed by atoms with Crippen molar-refractivity contribution in [3.8, 4) is 17.0 Å². The first kappa shape index (κ1) is 23.4. The van der Waals surface area contributed by atoms with Crippen molar-refractivity contribution in [3.05, 3.63) is 82.8 Å². The maximum Gasteiger partial charge on any atom is 0.263 e. The van der Waals surface area contributed by atoms with Crippen molar-refractivity contribution in [1.82, 2.24) is 15.1 Å². The molecule has 3 aromatic carbocycles. The van der Waals surface area contributed by atoms with Crippen molar-refractivity contribution in [2.45, 2.75) is 13.0 Å². The van der Waals surface area contributed by atoms with E-state index >= 15 is 0 Å². The topological polar surface area (TPSA) is 58.6 Å². The summed E-state index contributed by atoms with van der Waals surface area (Å²) in [5, 5.41) is 12.2. The Bertz CT molecular complexity index is 1350. The summed E-state index contributed by atoms with van der Waals surface area (Å²) < 4.78 is 5.79. The van der Waals surface area contributed by atoms with E-state index in [2.05, 4.69) is 39.4 Å². The van der Waals surface area contributed by atoms with Gasteiger partial charge in [-0.3, -0.25) is 4.79 Å². The van der Waals surface area contributed by atoms with Crippen LogP contribution in [0.3, 0.4) is 0 Å². The number of carbonyl (C=O) groups excluding carboxylic acids is 1. The Hall–Kier alpha value is -3.35. The van der Waals surface area contributed by atoms with Gasteiger partial charge in [0, 0.05) is 36.8 Å². The predicted molar refractivity (Wildman–Crippen MR) is 140 cm³/mol. The number of hydrogen-bond donors (Lipinski definition) is 0. The van der Waals surface area contributed by atoms with Crippen molar-refractivity contribution in [2.75, 3.05) is 31.1 Å². The molecule has 2 heterocycles. The molecule has 1 aliphatic rings. The van der Waals surface area contributed by atoms with Crippen LogP contribution in [0.5, 0.6) is 5.75 Å². The summed E-state index contributed by atoms with van der Waals surface area (Å²) in [6, 6.07) is 23.4. The number of anilines is 1. The predicted octanol–water partition coefficient (Wildman–Crippen LogP) is 5.72. The fraction of sp³-hybridized carbons (Fsp3) is 0.222. The van der Waals surface area contributed by atoms with Crippen LogP contribution in [-0.4, -0.2) is 53.3 Å². The van der Waals surface area contributed by atoms with E-state index in [9.17, 15) is 4.79 Å². The summed E-state index contributed by atoms with van der Waals surface area (Å²) in [6.45, 7) is 4.23. The van der Waals surface area contributed by atoms with E-state index in [0.717, 1.165) is 22.5 Å². The molecule has 1 unspecified atom stereocenters. The molecule has 5 rings (SSSR count). The third-order valence-electron chi connectivity index (χ3n) is 6.18. The maximum absolute atomic E-state index is 12.9. The Labute approximate surface area is 214 Å². The van der Waals surface area contributed by atoms with Crippen molar-refractivity contribution >= 4 is 45.7 Å². The van der Waals surface area contributed by atoms with Crippen molar-refractivity contribution in [3.63, 3.8) is 0 Å². The van der Waals surface area contributed by atoms with Crippen LogP contribution in [0.4, 0.5) is 5.82 Å². The monoisotopic (exact) mass is 506 g/mol. The Kier molecular flexibility index (Phi) is 6.75. The van der Waals surface area contributed by atoms with E-state index in [1.165, 1.54) is 5.39 Å². The van der Waals surface area contributed by atoms with E-state index < -0.39 is 6.10 Å². The van der Waals surface area contributed by atoms with Crippen LogP contribution in [0.2, 0.25) is 10.0 Å². The molecule has 4 aromatic rings. The number of carbonyl (C=O) groups is 1. The van der Waals surface area contributed by atoms with E-state index in [4.69, 9.17) is 27.9 Å². The minimum absolute atomic E-state index is 0.0759. The van der Waals surface area contributed by atoms with Crippen molar-refractivity contribution in [1.29, 1.82) is 0 Å². The van der Waals surface area contributed by atoms with Gasteiger partial charge in [0.25, 0.3) is 5.91 Å². The minimum atomic E-state index is -0.653. The molecule has 1 atom stereocenters. The molecule has 0 radical (unpaired) electrons. The van der Waals surface area contributed by atoms with Crippen LogP contribution in [0.1, 0.15) is 6.92 Å². The summed E-state index contributed by atoms with van der Waals surface area (Å²) in [5.74, 6) is 1.17. The second-order valence-corrected chi connectivity index (χ2v) is 9.29. The molecule has 1 aromatic heterocycles. The number of benzene rings is 3. The SMILES string of the molecule is CC(Oc1ccc(Cl)cc1Cl)C(=O)N1CCN(c2ccc(-c3cccc4ccccc34)nn2)CC1. The molecule has 1 aliphatic heterocycles. The van der Waals surface area contributed by atoms with E-state index in [1.807, 2.05) is 35.2 Å². The number of aromatic nitrogens is 2. The first-order chi connectivity index (χ1) is 17.0. The molecule has 178 valence electrons. The van der Waals surface area contributed by atoms with Crippen LogP contribution in [0.25, 0.3) is 22.0 Å². The molecule has 0 bridgehead atoms. The highest BCUT2D eigenvalue weighted by molar-refractivity contribution is 6.35. The summed E-state index contributed by atoms with van der Waals surface area (Å²) in [7, 11) is 0. The average Bonchev–Trinajstić information content (AvgIpc) is 2.90. The van der Waals surface area contributed by atoms with Crippen LogP contribution >= 0.6 is 23.2 Å². The molecular weight excluding hydrogens is 483 g/mol. The van der Waals surface area contributed by atoms with E-state index in [-0.39, 0.29) is 5.91 Å². The Morgan fingerprint density at radius 2 is 1.69 bits per heavy atom. The van der Waals surface area contributed by atoms with Crippen LogP contribution in [-0.2, 0) is 4.79 Å². The highest BCUT2D eigenvalue weighted by atomic mass is 35.5. The molecule has 1 fully saturated rings. The van der Waals surface area contributed by atoms with Gasteiger partial charge in [0.15, 0.2) is 11.9 Å². The van der Waals surface area contributed by atoms with Gasteiger partial charge < -0.3 is 14.5 Å². The van der Waals surface area contributed by atoms with E-state index in [0.29, 0.717) is 42.0 Å². The lowest BCUT2D eigenvalue weighted by molar-refractivity contribution is -0.138. The standard InChI is InChI=1S/C27H24Cl2N4O2/c1-18(35-25-11-9-20(28)17-23(25)29)27(34)33-15-13-32(14-16-33)26-12-10-24(30-31-26)22-8-4-6-19-5-2-3-7-21(19)22/h2-12,17-18H,13-16H2,1H3. The second kappa shape index (κ2) is 10.1. The molecule has 6 nitrogen and oxygen atoms in total. The number of nitrogens with zero attached hydrogens (tertiary/aromatic N) is 4. The zero-order valence-corrected chi connectivity index (χ0v) is 20.7. The Morgan fingerprint density at radius 3 is 2.43 bits per heavy atom. The van der Waals surface area contributed by atoms with Crippen LogP contribution in [0, 0.1) is 0 Å². The highest BCUT2D eigenvalue weighted by Crippen LogP contribution is 2.29. The quantitative estimate of drug-likeness (QED) is 0.346. The smallest absolute Gasteiger partial charge is 0.263 e. The average molecular weight is 507 g/mol. The number of fused-ring (bicyclic) bond motifs is 1. The summed E-state index contributed by atoms with van der Waals surface area (Å²) >= 11 is 12.1. The maximum atomic E-state index is 12.9. The van der Waals surface area contributed by atoms with Gasteiger partial charge in [-0.05, 0) is 48.0 Å². The van der Waals surface area contributed by atoms with E-state index in [1.54, 1.807) is 25.1 Å². The zero-order valence-electron chi connectivity index (χ0n) is 19.2. The summed E-state index contributed by atoms with van der Waals surface area (Å²) in [4.78, 5) is 16.9. The third kappa shape index (κ3) is 5.04. The molecule has 0 spiro atoms. The summed E-state index contributed by atoms with van der Waals surface area (Å²) in [5.41, 5.74) is 1.90. The Balaban J connectivity index is 1.21. The van der Waals surface area contributed by atoms with Gasteiger partial charge in [-0.1, -0.05) is 65.7 Å². The highest BCUT2D eigenvalue weighted by Gasteiger charge is 2.27. The van der Waals surface area contributed by atoms with Crippen molar-refractivity contribution < 1.29 is 9.53 Å². The van der Waals surface area contributed by atoms with Crippen LogP contribution < -0.4 is 9.64 Å². The number of hydrogen-bond acceptors (Lipinski definition) is 5. The lowest BCUT2D eigenvalue weighted by Gasteiger charge is -2.36. The lowest BCUT2D eigenvalue weighted by atomic mass is 10.0. The first-order valence-electron chi connectivity index (χ1n) is 11.5. The number of ether oxygens (including phenoxy) is 1. The van der Waals surface area contributed by atoms with Gasteiger partial charge in [-0.2, -0.15) is 0 Å². The normalized spacial score (nSPS) is 14.7. The Morgan fingerprint density at radius 1 is 0.914 bits per heavy atom. The molecule has 0 N–H and O–H groups in total. The largest absolute Gasteiger partial charge is 0.479 e. The molecule has 1 saturated heterocycles. The molecular formula is C27H24Cl2N4O2. The minimum Gasteiger partial charge on any atom is -0.479 e. The lowest BCUT2D eigenvalue weighted by Crippen LogP contribution is -2.52. The van der Waals surface area contributed by atoms with Gasteiger partial charge in [0.2, 0.25) is 0 Å². The molecule has 0 saturated carbocycles. The first-order valence-corrected chi connectivity index (χ1v) is 12.2.